The summed E-state index contributed by atoms with van der Waals surface area (Å²) in [6, 6.07) is 33.6. The third kappa shape index (κ3) is 5.67. The molecule has 0 spiro atoms. The van der Waals surface area contributed by atoms with Crippen molar-refractivity contribution in [3.63, 3.8) is 0 Å². The molecule has 0 aliphatic carbocycles. The molecule has 0 bridgehead atoms. The van der Waals surface area contributed by atoms with Gasteiger partial charge in [-0.25, -0.2) is 0 Å². The monoisotopic (exact) mass is 366 g/mol. The fourth-order valence-corrected chi connectivity index (χ4v) is 2.15. The van der Waals surface area contributed by atoms with Crippen LogP contribution in [-0.2, 0) is 16.5 Å². The van der Waals surface area contributed by atoms with E-state index in [-0.39, 0.29) is 16.5 Å². The summed E-state index contributed by atoms with van der Waals surface area (Å²) in [5.74, 6) is 0. The molecule has 2 nitrogen and oxygen atoms in total. The number of nitrogens with zero attached hydrogens (tertiary/aromatic N) is 2. The molecule has 4 aromatic rings. The Kier molecular flexibility index (Phi) is 7.56. The number of hydrogen-bond donors (Lipinski definition) is 0. The van der Waals surface area contributed by atoms with Crippen LogP contribution in [-0.4, -0.2) is 9.97 Å². The minimum atomic E-state index is 0. The molecule has 2 aromatic heterocycles. The summed E-state index contributed by atoms with van der Waals surface area (Å²) in [6.45, 7) is 0. The van der Waals surface area contributed by atoms with Crippen LogP contribution in [0.2, 0.25) is 0 Å². The minimum absolute atomic E-state index is 0. The number of hydrogen-bond acceptors (Lipinski definition) is 2. The second-order valence-electron chi connectivity index (χ2n) is 4.99. The van der Waals surface area contributed by atoms with Crippen LogP contribution in [0, 0.1) is 12.1 Å². The summed E-state index contributed by atoms with van der Waals surface area (Å²) < 4.78 is 0. The Morgan fingerprint density at radius 1 is 0.560 bits per heavy atom. The van der Waals surface area contributed by atoms with Crippen LogP contribution in [0.1, 0.15) is 0 Å². The van der Waals surface area contributed by atoms with Gasteiger partial charge in [-0.05, 0) is 12.1 Å². The molecule has 0 saturated carbocycles. The van der Waals surface area contributed by atoms with Crippen molar-refractivity contribution in [2.75, 3.05) is 0 Å². The molecule has 4 rings (SSSR count). The summed E-state index contributed by atoms with van der Waals surface area (Å²) in [6.07, 6.45) is 3.58. The van der Waals surface area contributed by atoms with Crippen LogP contribution in [0.4, 0.5) is 0 Å². The van der Waals surface area contributed by atoms with Gasteiger partial charge < -0.3 is 0 Å². The second-order valence-corrected chi connectivity index (χ2v) is 4.99. The smallest absolute Gasteiger partial charge is 0.295 e. The Morgan fingerprint density at radius 3 is 1.48 bits per heavy atom. The van der Waals surface area contributed by atoms with Gasteiger partial charge in [0.15, 0.2) is 0 Å². The summed E-state index contributed by atoms with van der Waals surface area (Å²) in [7, 11) is 0. The quantitative estimate of drug-likeness (QED) is 0.364. The largest absolute Gasteiger partial charge is 2.00 e. The van der Waals surface area contributed by atoms with Gasteiger partial charge in [-0.3, -0.25) is 9.97 Å². The molecule has 25 heavy (non-hydrogen) atoms. The summed E-state index contributed by atoms with van der Waals surface area (Å²) in [5, 5.41) is 0. The normalized spacial score (nSPS) is 9.28. The Labute approximate surface area is 158 Å². The minimum Gasteiger partial charge on any atom is -0.295 e. The van der Waals surface area contributed by atoms with Crippen LogP contribution >= 0.6 is 0 Å². The van der Waals surface area contributed by atoms with Crippen LogP contribution < -0.4 is 0 Å². The molecule has 0 amide bonds. The fraction of sp³-hybridized carbons (Fsp3) is 0. The summed E-state index contributed by atoms with van der Waals surface area (Å²) >= 11 is 0. The van der Waals surface area contributed by atoms with Gasteiger partial charge in [0, 0.05) is 23.8 Å². The average molecular weight is 367 g/mol. The first kappa shape index (κ1) is 18.6. The van der Waals surface area contributed by atoms with Crippen molar-refractivity contribution >= 4 is 0 Å². The molecule has 0 saturated heterocycles. The Hall–Kier alpha value is -2.77. The molecule has 0 fully saturated rings. The SMILES string of the molecule is [Ni+2].[c-]1c(-c2ccccn2)cccc1-c1ccccn1.[c-]1ccccc1. The van der Waals surface area contributed by atoms with E-state index in [2.05, 4.69) is 22.1 Å². The molecular formula is C22H16N2Ni. The van der Waals surface area contributed by atoms with Gasteiger partial charge in [-0.2, -0.15) is 36.4 Å². The standard InChI is InChI=1S/C16H11N2.C6H5.Ni/c1-3-10-17-15(8-1)13-6-5-7-14(12-13)16-9-2-4-11-18-16;1-2-4-6-5-3-1;/h1-11H;1-5H;/q2*-1;+2. The first-order valence-electron chi connectivity index (χ1n) is 7.70. The van der Waals surface area contributed by atoms with Gasteiger partial charge in [0.25, 0.3) is 0 Å². The molecule has 0 N–H and O–H groups in total. The average Bonchev–Trinajstić information content (AvgIpc) is 2.71. The van der Waals surface area contributed by atoms with Crippen LogP contribution in [0.25, 0.3) is 22.5 Å². The van der Waals surface area contributed by atoms with E-state index in [1.54, 1.807) is 12.4 Å². The van der Waals surface area contributed by atoms with E-state index in [0.29, 0.717) is 0 Å². The van der Waals surface area contributed by atoms with E-state index in [9.17, 15) is 0 Å². The van der Waals surface area contributed by atoms with Crippen LogP contribution in [0.5, 0.6) is 0 Å². The third-order valence-electron chi connectivity index (χ3n) is 3.28. The maximum Gasteiger partial charge on any atom is 2.00 e. The summed E-state index contributed by atoms with van der Waals surface area (Å²) in [5.41, 5.74) is 3.82. The Morgan fingerprint density at radius 2 is 1.12 bits per heavy atom. The van der Waals surface area contributed by atoms with Crippen LogP contribution in [0.15, 0.2) is 97.3 Å². The van der Waals surface area contributed by atoms with Gasteiger partial charge in [0.2, 0.25) is 0 Å². The first-order valence-corrected chi connectivity index (χ1v) is 7.70. The zero-order chi connectivity index (χ0) is 16.5. The molecule has 124 valence electrons. The van der Waals surface area contributed by atoms with Gasteiger partial charge in [0.1, 0.15) is 0 Å². The molecular weight excluding hydrogens is 351 g/mol. The third-order valence-corrected chi connectivity index (χ3v) is 3.28. The Bertz CT molecular complexity index is 769. The van der Waals surface area contributed by atoms with E-state index in [4.69, 9.17) is 0 Å². The fourth-order valence-electron chi connectivity index (χ4n) is 2.15. The number of benzene rings is 2. The van der Waals surface area contributed by atoms with Gasteiger partial charge in [0.05, 0.1) is 0 Å². The first-order chi connectivity index (χ1) is 11.9. The topological polar surface area (TPSA) is 25.8 Å². The Balaban J connectivity index is 0.000000275. The van der Waals surface area contributed by atoms with E-state index in [1.165, 1.54) is 0 Å². The molecule has 0 unspecified atom stereocenters. The maximum atomic E-state index is 4.33. The van der Waals surface area contributed by atoms with Crippen molar-refractivity contribution in [2.45, 2.75) is 0 Å². The van der Waals surface area contributed by atoms with Crippen molar-refractivity contribution in [3.8, 4) is 22.5 Å². The van der Waals surface area contributed by atoms with Gasteiger partial charge >= 0.3 is 16.5 Å². The molecule has 0 radical (unpaired) electrons. The molecule has 0 atom stereocenters. The van der Waals surface area contributed by atoms with Gasteiger partial charge in [-0.1, -0.05) is 35.4 Å². The number of aromatic nitrogens is 2. The summed E-state index contributed by atoms with van der Waals surface area (Å²) in [4.78, 5) is 8.66. The molecule has 3 heteroatoms. The molecule has 0 aliphatic heterocycles. The second kappa shape index (κ2) is 10.2. The number of pyridine rings is 2. The molecule has 2 heterocycles. The predicted molar refractivity (Wildman–Crippen MR) is 97.0 cm³/mol. The van der Waals surface area contributed by atoms with Crippen molar-refractivity contribution < 1.29 is 16.5 Å². The van der Waals surface area contributed by atoms with E-state index < -0.39 is 0 Å². The molecule has 0 aliphatic rings. The zero-order valence-corrected chi connectivity index (χ0v) is 14.4. The van der Waals surface area contributed by atoms with Crippen molar-refractivity contribution in [2.24, 2.45) is 0 Å². The van der Waals surface area contributed by atoms with Crippen molar-refractivity contribution in [3.05, 3.63) is 109 Å². The van der Waals surface area contributed by atoms with E-state index >= 15 is 0 Å². The van der Waals surface area contributed by atoms with Crippen molar-refractivity contribution in [1.29, 1.82) is 0 Å². The zero-order valence-electron chi connectivity index (χ0n) is 13.4. The van der Waals surface area contributed by atoms with E-state index in [0.717, 1.165) is 22.5 Å². The van der Waals surface area contributed by atoms with Gasteiger partial charge in [-0.15, -0.1) is 24.3 Å². The van der Waals surface area contributed by atoms with E-state index in [1.807, 2.05) is 84.9 Å². The van der Waals surface area contributed by atoms with Crippen LogP contribution in [0.3, 0.4) is 0 Å². The maximum absolute atomic E-state index is 4.33. The number of rotatable bonds is 2. The predicted octanol–water partition coefficient (Wildman–Crippen LogP) is 5.10. The molecule has 2 aromatic carbocycles. The van der Waals surface area contributed by atoms with Crippen molar-refractivity contribution in [1.82, 2.24) is 9.97 Å².